The van der Waals surface area contributed by atoms with E-state index in [1.807, 2.05) is 0 Å². The number of H-pyrrole nitrogens is 1. The predicted octanol–water partition coefficient (Wildman–Crippen LogP) is 1.08. The first kappa shape index (κ1) is 12.7. The minimum absolute atomic E-state index is 0.0938. The summed E-state index contributed by atoms with van der Waals surface area (Å²) in [5, 5.41) is 15.5. The van der Waals surface area contributed by atoms with Gasteiger partial charge >= 0.3 is 0 Å². The molecule has 0 saturated heterocycles. The van der Waals surface area contributed by atoms with Crippen LogP contribution in [-0.2, 0) is 17.8 Å². The average Bonchev–Trinajstić information content (AvgIpc) is 2.90. The summed E-state index contributed by atoms with van der Waals surface area (Å²) in [4.78, 5) is 19.5. The van der Waals surface area contributed by atoms with Crippen molar-refractivity contribution in [2.75, 3.05) is 5.32 Å². The predicted molar refractivity (Wildman–Crippen MR) is 74.4 cm³/mol. The highest BCUT2D eigenvalue weighted by molar-refractivity contribution is 5.95. The zero-order chi connectivity index (χ0) is 14.1. The molecule has 104 valence electrons. The topological polar surface area (TPSA) is 90.0 Å². The molecule has 1 aliphatic rings. The number of fused-ring (bicyclic) bond motifs is 1. The van der Waals surface area contributed by atoms with Gasteiger partial charge in [0.15, 0.2) is 0 Å². The molecule has 1 amide bonds. The molecule has 2 heterocycles. The van der Waals surface area contributed by atoms with Crippen LogP contribution in [0, 0.1) is 6.92 Å². The maximum absolute atomic E-state index is 12.2. The van der Waals surface area contributed by atoms with E-state index >= 15 is 0 Å². The minimum Gasteiger partial charge on any atom is -0.508 e. The van der Waals surface area contributed by atoms with Gasteiger partial charge in [-0.1, -0.05) is 0 Å². The molecule has 0 fully saturated rings. The average molecular weight is 272 g/mol. The summed E-state index contributed by atoms with van der Waals surface area (Å²) in [6.45, 7) is 2.40. The number of aromatic hydroxyl groups is 1. The van der Waals surface area contributed by atoms with Crippen LogP contribution >= 0.6 is 0 Å². The third kappa shape index (κ3) is 2.37. The normalized spacial score (nSPS) is 17.6. The van der Waals surface area contributed by atoms with Crippen molar-refractivity contribution in [1.29, 1.82) is 0 Å². The molecule has 1 aromatic heterocycles. The molecule has 1 atom stereocenters. The smallest absolute Gasteiger partial charge is 0.241 e. The van der Waals surface area contributed by atoms with Crippen molar-refractivity contribution in [3.63, 3.8) is 0 Å². The second kappa shape index (κ2) is 4.97. The summed E-state index contributed by atoms with van der Waals surface area (Å²) >= 11 is 0. The summed E-state index contributed by atoms with van der Waals surface area (Å²) in [5.41, 5.74) is 3.38. The van der Waals surface area contributed by atoms with E-state index in [0.717, 1.165) is 17.0 Å². The number of aromatic amines is 1. The number of hydrogen-bond donors (Lipinski definition) is 4. The van der Waals surface area contributed by atoms with Gasteiger partial charge in [0.1, 0.15) is 5.75 Å². The first-order valence-electron chi connectivity index (χ1n) is 6.48. The van der Waals surface area contributed by atoms with Gasteiger partial charge in [0, 0.05) is 18.7 Å². The van der Waals surface area contributed by atoms with Crippen molar-refractivity contribution in [1.82, 2.24) is 15.3 Å². The van der Waals surface area contributed by atoms with Gasteiger partial charge in [-0.25, -0.2) is 4.98 Å². The number of anilines is 1. The Labute approximate surface area is 116 Å². The van der Waals surface area contributed by atoms with E-state index in [-0.39, 0.29) is 17.7 Å². The van der Waals surface area contributed by atoms with Crippen LogP contribution in [0.25, 0.3) is 0 Å². The third-order valence-electron chi connectivity index (χ3n) is 3.51. The van der Waals surface area contributed by atoms with Gasteiger partial charge in [0.25, 0.3) is 0 Å². The van der Waals surface area contributed by atoms with Gasteiger partial charge in [-0.05, 0) is 30.7 Å². The molecule has 0 aliphatic carbocycles. The molecular formula is C14H16N4O2. The van der Waals surface area contributed by atoms with Crippen LogP contribution in [0.5, 0.6) is 5.75 Å². The van der Waals surface area contributed by atoms with Crippen molar-refractivity contribution < 1.29 is 9.90 Å². The van der Waals surface area contributed by atoms with Crippen LogP contribution in [0.15, 0.2) is 24.5 Å². The van der Waals surface area contributed by atoms with E-state index in [4.69, 9.17) is 0 Å². The fraction of sp³-hybridized carbons (Fsp3) is 0.286. The van der Waals surface area contributed by atoms with E-state index in [2.05, 4.69) is 20.6 Å². The molecular weight excluding hydrogens is 256 g/mol. The van der Waals surface area contributed by atoms with Gasteiger partial charge in [0.05, 0.1) is 23.8 Å². The van der Waals surface area contributed by atoms with Crippen LogP contribution in [-0.4, -0.2) is 27.0 Å². The number of nitrogens with one attached hydrogen (secondary N) is 3. The fourth-order valence-corrected chi connectivity index (χ4v) is 2.32. The van der Waals surface area contributed by atoms with E-state index in [1.54, 1.807) is 31.5 Å². The highest BCUT2D eigenvalue weighted by Crippen LogP contribution is 2.21. The molecule has 2 aromatic rings. The van der Waals surface area contributed by atoms with Gasteiger partial charge in [-0.15, -0.1) is 0 Å². The fourth-order valence-electron chi connectivity index (χ4n) is 2.32. The largest absolute Gasteiger partial charge is 0.508 e. The number of benzene rings is 1. The monoisotopic (exact) mass is 272 g/mol. The molecule has 1 unspecified atom stereocenters. The Kier molecular flexibility index (Phi) is 3.15. The lowest BCUT2D eigenvalue weighted by Crippen LogP contribution is -2.44. The summed E-state index contributed by atoms with van der Waals surface area (Å²) in [7, 11) is 0. The molecule has 20 heavy (non-hydrogen) atoms. The van der Waals surface area contributed by atoms with E-state index in [0.29, 0.717) is 18.7 Å². The number of aromatic nitrogens is 2. The minimum atomic E-state index is -0.292. The zero-order valence-electron chi connectivity index (χ0n) is 11.1. The number of rotatable bonds is 2. The third-order valence-corrected chi connectivity index (χ3v) is 3.51. The molecule has 4 N–H and O–H groups in total. The van der Waals surface area contributed by atoms with E-state index < -0.39 is 0 Å². The number of phenols is 1. The first-order valence-corrected chi connectivity index (χ1v) is 6.48. The number of nitrogens with zero attached hydrogens (tertiary/aromatic N) is 1. The Hall–Kier alpha value is -2.34. The molecule has 6 nitrogen and oxygen atoms in total. The van der Waals surface area contributed by atoms with Crippen LogP contribution in [0.3, 0.4) is 0 Å². The van der Waals surface area contributed by atoms with E-state index in [1.165, 1.54) is 0 Å². The Morgan fingerprint density at radius 3 is 3.15 bits per heavy atom. The second-order valence-electron chi connectivity index (χ2n) is 4.96. The van der Waals surface area contributed by atoms with Crippen LogP contribution in [0.4, 0.5) is 5.69 Å². The Bertz CT molecular complexity index is 650. The summed E-state index contributed by atoms with van der Waals surface area (Å²) in [5.74, 6) is 0.128. The van der Waals surface area contributed by atoms with Gasteiger partial charge in [-0.3, -0.25) is 10.1 Å². The highest BCUT2D eigenvalue weighted by Gasteiger charge is 2.25. The van der Waals surface area contributed by atoms with E-state index in [9.17, 15) is 9.90 Å². The van der Waals surface area contributed by atoms with Gasteiger partial charge < -0.3 is 15.4 Å². The van der Waals surface area contributed by atoms with Gasteiger partial charge in [-0.2, -0.15) is 0 Å². The maximum atomic E-state index is 12.2. The van der Waals surface area contributed by atoms with Crippen molar-refractivity contribution in [2.24, 2.45) is 0 Å². The summed E-state index contributed by atoms with van der Waals surface area (Å²) in [6.07, 6.45) is 2.22. The highest BCUT2D eigenvalue weighted by atomic mass is 16.3. The Balaban J connectivity index is 1.69. The standard InChI is InChI=1S/C14H16N4O2/c1-8-4-9(2-3-13(8)19)18-14(20)11-5-10-12(6-15-11)17-7-16-10/h2-4,7,11,15,19H,5-6H2,1H3,(H,16,17)(H,18,20). The molecule has 0 spiro atoms. The Morgan fingerprint density at radius 1 is 1.50 bits per heavy atom. The summed E-state index contributed by atoms with van der Waals surface area (Å²) < 4.78 is 0. The van der Waals surface area contributed by atoms with Crippen LogP contribution in [0.2, 0.25) is 0 Å². The zero-order valence-corrected chi connectivity index (χ0v) is 11.1. The SMILES string of the molecule is Cc1cc(NC(=O)C2Cc3nc[nH]c3CN2)ccc1O. The molecule has 0 bridgehead atoms. The lowest BCUT2D eigenvalue weighted by molar-refractivity contribution is -0.118. The second-order valence-corrected chi connectivity index (χ2v) is 4.96. The van der Waals surface area contributed by atoms with Crippen molar-refractivity contribution >= 4 is 11.6 Å². The lowest BCUT2D eigenvalue weighted by atomic mass is 10.0. The van der Waals surface area contributed by atoms with Crippen molar-refractivity contribution in [2.45, 2.75) is 25.9 Å². The first-order chi connectivity index (χ1) is 9.63. The van der Waals surface area contributed by atoms with Crippen molar-refractivity contribution in [3.05, 3.63) is 41.5 Å². The number of carbonyl (C=O) groups is 1. The molecule has 1 aromatic carbocycles. The quantitative estimate of drug-likeness (QED) is 0.616. The maximum Gasteiger partial charge on any atom is 0.241 e. The number of phenolic OH excluding ortho intramolecular Hbond substituents is 1. The number of amides is 1. The Morgan fingerprint density at radius 2 is 2.35 bits per heavy atom. The molecule has 0 saturated carbocycles. The number of carbonyl (C=O) groups excluding carboxylic acids is 1. The molecule has 1 aliphatic heterocycles. The number of hydrogen-bond acceptors (Lipinski definition) is 4. The lowest BCUT2D eigenvalue weighted by Gasteiger charge is -2.22. The molecule has 6 heteroatoms. The molecule has 3 rings (SSSR count). The molecule has 0 radical (unpaired) electrons. The van der Waals surface area contributed by atoms with Crippen LogP contribution < -0.4 is 10.6 Å². The van der Waals surface area contributed by atoms with Crippen LogP contribution in [0.1, 0.15) is 17.0 Å². The van der Waals surface area contributed by atoms with Crippen molar-refractivity contribution in [3.8, 4) is 5.75 Å². The van der Waals surface area contributed by atoms with Gasteiger partial charge in [0.2, 0.25) is 5.91 Å². The number of imidazole rings is 1. The number of aryl methyl sites for hydroxylation is 1. The summed E-state index contributed by atoms with van der Waals surface area (Å²) in [6, 6.07) is 4.71.